The van der Waals surface area contributed by atoms with E-state index in [9.17, 15) is 14.7 Å². The van der Waals surface area contributed by atoms with Crippen LogP contribution in [0.15, 0.2) is 89.1 Å². The number of anilines is 4. The van der Waals surface area contributed by atoms with Crippen molar-refractivity contribution in [2.24, 2.45) is 10.2 Å². The molecule has 0 radical (unpaired) electrons. The van der Waals surface area contributed by atoms with Crippen molar-refractivity contribution >= 4 is 56.7 Å². The molecule has 8 nitrogen and oxygen atoms in total. The van der Waals surface area contributed by atoms with E-state index in [2.05, 4.69) is 26.2 Å². The van der Waals surface area contributed by atoms with Gasteiger partial charge in [-0.05, 0) is 42.5 Å². The van der Waals surface area contributed by atoms with Gasteiger partial charge >= 0.3 is 0 Å². The Morgan fingerprint density at radius 1 is 0.765 bits per heavy atom. The normalized spacial score (nSPS) is 10.9. The predicted octanol–water partition coefficient (Wildman–Crippen LogP) is 6.62. The largest absolute Gasteiger partial charge is 0.505 e. The van der Waals surface area contributed by atoms with Crippen LogP contribution in [-0.4, -0.2) is 16.9 Å². The Kier molecular flexibility index (Phi) is 6.49. The molecule has 170 valence electrons. The van der Waals surface area contributed by atoms with Gasteiger partial charge in [-0.15, -0.1) is 5.11 Å². The molecule has 0 aliphatic heterocycles. The van der Waals surface area contributed by atoms with Crippen molar-refractivity contribution in [3.05, 3.63) is 78.9 Å². The number of nitrogens with one attached hydrogen (secondary N) is 3. The van der Waals surface area contributed by atoms with Crippen LogP contribution in [0, 0.1) is 0 Å². The van der Waals surface area contributed by atoms with E-state index < -0.39 is 0 Å². The van der Waals surface area contributed by atoms with E-state index >= 15 is 0 Å². The third kappa shape index (κ3) is 5.02. The monoisotopic (exact) mass is 453 g/mol. The zero-order valence-electron chi connectivity index (χ0n) is 18.7. The van der Waals surface area contributed by atoms with E-state index in [0.717, 1.165) is 5.69 Å². The molecule has 0 aliphatic carbocycles. The molecule has 2 amide bonds. The van der Waals surface area contributed by atoms with E-state index in [4.69, 9.17) is 0 Å². The summed E-state index contributed by atoms with van der Waals surface area (Å²) >= 11 is 0. The number of hydrogen-bond acceptors (Lipinski definition) is 6. The number of phenolic OH excluding ortho intramolecular Hbond substituents is 1. The Morgan fingerprint density at radius 3 is 2.06 bits per heavy atom. The number of azo groups is 1. The molecule has 4 N–H and O–H groups in total. The maximum atomic E-state index is 12.0. The Balaban J connectivity index is 1.91. The third-order valence-electron chi connectivity index (χ3n) is 4.95. The number of hydrogen-bond donors (Lipinski definition) is 4. The highest BCUT2D eigenvalue weighted by atomic mass is 16.3. The van der Waals surface area contributed by atoms with Crippen molar-refractivity contribution in [2.75, 3.05) is 16.0 Å². The molecule has 0 aromatic heterocycles. The van der Waals surface area contributed by atoms with E-state index in [-0.39, 0.29) is 23.3 Å². The van der Waals surface area contributed by atoms with Crippen molar-refractivity contribution < 1.29 is 14.7 Å². The molecule has 0 fully saturated rings. The van der Waals surface area contributed by atoms with Gasteiger partial charge in [0.15, 0.2) is 5.75 Å². The second-order valence-electron chi connectivity index (χ2n) is 7.59. The topological polar surface area (TPSA) is 115 Å². The minimum absolute atomic E-state index is 0.168. The zero-order valence-corrected chi connectivity index (χ0v) is 18.7. The van der Waals surface area contributed by atoms with Crippen LogP contribution in [0.3, 0.4) is 0 Å². The standard InChI is InChI=1S/C26H23N5O3/c1-16(32)27-22-15-23(29-18-9-5-3-6-10-18)25(28-17(2)33)20-13-14-21(26(34)24(20)22)31-30-19-11-7-4-8-12-19/h3-15,29,34H,1-2H3,(H,27,32)(H,28,33). The van der Waals surface area contributed by atoms with Crippen LogP contribution < -0.4 is 16.0 Å². The minimum Gasteiger partial charge on any atom is -0.505 e. The number of carbonyl (C=O) groups is 2. The first-order valence-electron chi connectivity index (χ1n) is 10.6. The number of para-hydroxylation sites is 1. The fourth-order valence-electron chi connectivity index (χ4n) is 3.56. The first-order valence-corrected chi connectivity index (χ1v) is 10.6. The summed E-state index contributed by atoms with van der Waals surface area (Å²) in [6.45, 7) is 2.79. The average molecular weight is 454 g/mol. The lowest BCUT2D eigenvalue weighted by Gasteiger charge is -2.19. The molecule has 0 bridgehead atoms. The van der Waals surface area contributed by atoms with Crippen molar-refractivity contribution in [2.45, 2.75) is 13.8 Å². The van der Waals surface area contributed by atoms with Crippen LogP contribution in [0.2, 0.25) is 0 Å². The first kappa shape index (κ1) is 22.5. The second-order valence-corrected chi connectivity index (χ2v) is 7.59. The van der Waals surface area contributed by atoms with Crippen LogP contribution in [0.5, 0.6) is 5.75 Å². The number of aromatic hydroxyl groups is 1. The molecule has 4 aromatic carbocycles. The van der Waals surface area contributed by atoms with Gasteiger partial charge in [0.1, 0.15) is 5.69 Å². The summed E-state index contributed by atoms with van der Waals surface area (Å²) in [4.78, 5) is 24.0. The number of phenols is 1. The number of nitrogens with zero attached hydrogens (tertiary/aromatic N) is 2. The summed E-state index contributed by atoms with van der Waals surface area (Å²) in [5, 5.41) is 29.2. The summed E-state index contributed by atoms with van der Waals surface area (Å²) in [7, 11) is 0. The summed E-state index contributed by atoms with van der Waals surface area (Å²) in [5.74, 6) is -0.759. The second kappa shape index (κ2) is 9.83. The van der Waals surface area contributed by atoms with Gasteiger partial charge in [-0.25, -0.2) is 0 Å². The number of rotatable bonds is 6. The van der Waals surface area contributed by atoms with Gasteiger partial charge in [0, 0.05) is 24.9 Å². The lowest BCUT2D eigenvalue weighted by Crippen LogP contribution is -2.11. The van der Waals surface area contributed by atoms with Gasteiger partial charge in [-0.3, -0.25) is 9.59 Å². The van der Waals surface area contributed by atoms with Gasteiger partial charge in [0.25, 0.3) is 0 Å². The quantitative estimate of drug-likeness (QED) is 0.246. The Labute approximate surface area is 196 Å². The van der Waals surface area contributed by atoms with Gasteiger partial charge in [0.2, 0.25) is 11.8 Å². The Hall–Kier alpha value is -4.72. The maximum absolute atomic E-state index is 12.0. The molecule has 0 aliphatic rings. The van der Waals surface area contributed by atoms with Gasteiger partial charge < -0.3 is 21.1 Å². The van der Waals surface area contributed by atoms with E-state index in [1.165, 1.54) is 13.8 Å². The van der Waals surface area contributed by atoms with E-state index in [1.807, 2.05) is 48.5 Å². The lowest BCUT2D eigenvalue weighted by atomic mass is 10.0. The fourth-order valence-corrected chi connectivity index (χ4v) is 3.56. The van der Waals surface area contributed by atoms with Crippen molar-refractivity contribution in [1.82, 2.24) is 0 Å². The highest BCUT2D eigenvalue weighted by Gasteiger charge is 2.19. The average Bonchev–Trinajstić information content (AvgIpc) is 2.81. The first-order chi connectivity index (χ1) is 16.4. The molecular formula is C26H23N5O3. The number of benzene rings is 4. The van der Waals surface area contributed by atoms with Crippen LogP contribution in [0.1, 0.15) is 13.8 Å². The molecule has 0 heterocycles. The maximum Gasteiger partial charge on any atom is 0.221 e. The molecule has 34 heavy (non-hydrogen) atoms. The molecule has 0 saturated carbocycles. The lowest BCUT2D eigenvalue weighted by molar-refractivity contribution is -0.115. The zero-order chi connectivity index (χ0) is 24.1. The molecule has 0 saturated heterocycles. The van der Waals surface area contributed by atoms with E-state index in [0.29, 0.717) is 33.5 Å². The molecule has 4 aromatic rings. The predicted molar refractivity (Wildman–Crippen MR) is 135 cm³/mol. The molecule has 4 rings (SSSR count). The number of carbonyl (C=O) groups excluding carboxylic acids is 2. The van der Waals surface area contributed by atoms with E-state index in [1.54, 1.807) is 30.3 Å². The minimum atomic E-state index is -0.310. The van der Waals surface area contributed by atoms with Crippen molar-refractivity contribution in [3.63, 3.8) is 0 Å². The summed E-state index contributed by atoms with van der Waals surface area (Å²) in [6, 6.07) is 23.5. The molecular weight excluding hydrogens is 430 g/mol. The fraction of sp³-hybridized carbons (Fsp3) is 0.0769. The van der Waals surface area contributed by atoms with Crippen LogP contribution in [0.4, 0.5) is 34.1 Å². The summed E-state index contributed by atoms with van der Waals surface area (Å²) < 4.78 is 0. The van der Waals surface area contributed by atoms with Crippen LogP contribution >= 0.6 is 0 Å². The summed E-state index contributed by atoms with van der Waals surface area (Å²) in [6.07, 6.45) is 0. The summed E-state index contributed by atoms with van der Waals surface area (Å²) in [5.41, 5.74) is 3.02. The number of amides is 2. The van der Waals surface area contributed by atoms with Crippen molar-refractivity contribution in [1.29, 1.82) is 0 Å². The van der Waals surface area contributed by atoms with Crippen molar-refractivity contribution in [3.8, 4) is 5.75 Å². The Bertz CT molecular complexity index is 1390. The molecule has 0 unspecified atom stereocenters. The van der Waals surface area contributed by atoms with Crippen LogP contribution in [-0.2, 0) is 9.59 Å². The van der Waals surface area contributed by atoms with Gasteiger partial charge in [0.05, 0.1) is 28.1 Å². The van der Waals surface area contributed by atoms with Crippen LogP contribution in [0.25, 0.3) is 10.8 Å². The molecule has 0 spiro atoms. The third-order valence-corrected chi connectivity index (χ3v) is 4.95. The SMILES string of the molecule is CC(=O)Nc1c(Nc2ccccc2)cc(NC(C)=O)c2c(O)c(N=Nc3ccccc3)ccc12. The molecule has 8 heteroatoms. The van der Waals surface area contributed by atoms with Gasteiger partial charge in [-0.1, -0.05) is 36.4 Å². The highest BCUT2D eigenvalue weighted by Crippen LogP contribution is 2.46. The Morgan fingerprint density at radius 2 is 1.41 bits per heavy atom. The smallest absolute Gasteiger partial charge is 0.221 e. The molecule has 0 atom stereocenters. The number of fused-ring (bicyclic) bond motifs is 1. The highest BCUT2D eigenvalue weighted by molar-refractivity contribution is 6.16. The van der Waals surface area contributed by atoms with Gasteiger partial charge in [-0.2, -0.15) is 5.11 Å².